The van der Waals surface area contributed by atoms with Gasteiger partial charge in [0.1, 0.15) is 0 Å². The molecule has 5 rings (SSSR count). The first-order valence-corrected chi connectivity index (χ1v) is 13.9. The zero-order valence-electron chi connectivity index (χ0n) is 22.7. The smallest absolute Gasteiger partial charge is 0.0971 e. The Hall–Kier alpha value is -2.38. The van der Waals surface area contributed by atoms with Crippen LogP contribution in [0.25, 0.3) is 11.3 Å². The number of rotatable bonds is 6. The van der Waals surface area contributed by atoms with Gasteiger partial charge in [-0.3, -0.25) is 9.58 Å². The molecular weight excluding hydrogens is 482 g/mol. The summed E-state index contributed by atoms with van der Waals surface area (Å²) in [6, 6.07) is 12.9. The molecular formula is C30H40ClN5O. The highest BCUT2D eigenvalue weighted by molar-refractivity contribution is 6.31. The normalized spacial score (nSPS) is 18.1. The number of benzene rings is 2. The van der Waals surface area contributed by atoms with E-state index in [1.807, 2.05) is 13.0 Å². The van der Waals surface area contributed by atoms with Crippen molar-refractivity contribution in [1.82, 2.24) is 19.6 Å². The van der Waals surface area contributed by atoms with E-state index >= 15 is 0 Å². The Morgan fingerprint density at radius 3 is 2.46 bits per heavy atom. The monoisotopic (exact) mass is 521 g/mol. The first-order chi connectivity index (χ1) is 17.8. The number of fused-ring (bicyclic) bond motifs is 1. The van der Waals surface area contributed by atoms with Gasteiger partial charge in [0.05, 0.1) is 18.3 Å². The molecule has 6 nitrogen and oxygen atoms in total. The molecule has 3 heterocycles. The lowest BCUT2D eigenvalue weighted by Crippen LogP contribution is -2.49. The van der Waals surface area contributed by atoms with Crippen LogP contribution in [0, 0.1) is 20.8 Å². The second kappa shape index (κ2) is 11.2. The number of anilines is 1. The average Bonchev–Trinajstić information content (AvgIpc) is 3.05. The van der Waals surface area contributed by atoms with Crippen LogP contribution >= 0.6 is 11.6 Å². The zero-order valence-corrected chi connectivity index (χ0v) is 23.4. The SMILES string of the molecule is Cc1ccc(N2CCN(CC(O)Cn3nc(-c4ccc(Cl)c(C)c4)c4c3CCCN(C)C4)CC2)c(C)c1. The number of aromatic nitrogens is 2. The maximum absolute atomic E-state index is 11.2. The van der Waals surface area contributed by atoms with E-state index in [0.29, 0.717) is 13.1 Å². The highest BCUT2D eigenvalue weighted by Gasteiger charge is 2.25. The summed E-state index contributed by atoms with van der Waals surface area (Å²) in [4.78, 5) is 7.24. The van der Waals surface area contributed by atoms with Crippen molar-refractivity contribution < 1.29 is 5.11 Å². The van der Waals surface area contributed by atoms with E-state index in [4.69, 9.17) is 16.7 Å². The minimum absolute atomic E-state index is 0.461. The van der Waals surface area contributed by atoms with Gasteiger partial charge in [-0.15, -0.1) is 0 Å². The minimum Gasteiger partial charge on any atom is -0.390 e. The summed E-state index contributed by atoms with van der Waals surface area (Å²) in [6.07, 6.45) is 1.63. The summed E-state index contributed by atoms with van der Waals surface area (Å²) in [6.45, 7) is 13.4. The van der Waals surface area contributed by atoms with Crippen molar-refractivity contribution in [2.45, 2.75) is 52.8 Å². The van der Waals surface area contributed by atoms with Crippen LogP contribution in [0.5, 0.6) is 0 Å². The van der Waals surface area contributed by atoms with E-state index in [-0.39, 0.29) is 0 Å². The van der Waals surface area contributed by atoms with Crippen LogP contribution in [-0.4, -0.2) is 77.1 Å². The van der Waals surface area contributed by atoms with Crippen LogP contribution in [0.3, 0.4) is 0 Å². The lowest BCUT2D eigenvalue weighted by Gasteiger charge is -2.37. The minimum atomic E-state index is -0.461. The van der Waals surface area contributed by atoms with Crippen LogP contribution < -0.4 is 4.90 Å². The highest BCUT2D eigenvalue weighted by atomic mass is 35.5. The Bertz CT molecular complexity index is 1250. The third-order valence-corrected chi connectivity index (χ3v) is 8.32. The van der Waals surface area contributed by atoms with Gasteiger partial charge in [-0.2, -0.15) is 5.10 Å². The molecule has 0 radical (unpaired) electrons. The predicted octanol–water partition coefficient (Wildman–Crippen LogP) is 4.69. The van der Waals surface area contributed by atoms with Crippen molar-refractivity contribution >= 4 is 17.3 Å². The Morgan fingerprint density at radius 2 is 1.73 bits per heavy atom. The fourth-order valence-electron chi connectivity index (χ4n) is 5.91. The standard InChI is InChI=1S/C30H40ClN5O/c1-21-7-10-28(23(3)16-21)35-14-12-34(13-15-35)18-25(37)19-36-29-6-5-11-33(4)20-26(29)30(32-36)24-8-9-27(31)22(2)17-24/h7-10,16-17,25,37H,5-6,11-15,18-20H2,1-4H3. The molecule has 1 unspecified atom stereocenters. The summed E-state index contributed by atoms with van der Waals surface area (Å²) < 4.78 is 2.09. The number of piperazine rings is 1. The summed E-state index contributed by atoms with van der Waals surface area (Å²) in [5.41, 5.74) is 9.72. The maximum Gasteiger partial charge on any atom is 0.0971 e. The van der Waals surface area contributed by atoms with Crippen molar-refractivity contribution in [1.29, 1.82) is 0 Å². The van der Waals surface area contributed by atoms with Gasteiger partial charge in [0.15, 0.2) is 0 Å². The molecule has 1 aromatic heterocycles. The largest absolute Gasteiger partial charge is 0.390 e. The Labute approximate surface area is 226 Å². The molecule has 0 aliphatic carbocycles. The van der Waals surface area contributed by atoms with Crippen LogP contribution in [0.4, 0.5) is 5.69 Å². The fraction of sp³-hybridized carbons (Fsp3) is 0.500. The highest BCUT2D eigenvalue weighted by Crippen LogP contribution is 2.32. The fourth-order valence-corrected chi connectivity index (χ4v) is 6.02. The van der Waals surface area contributed by atoms with Gasteiger partial charge in [-0.05, 0) is 76.5 Å². The number of hydrogen-bond acceptors (Lipinski definition) is 5. The molecule has 37 heavy (non-hydrogen) atoms. The number of halogens is 1. The molecule has 3 aromatic rings. The third kappa shape index (κ3) is 5.88. The molecule has 7 heteroatoms. The van der Waals surface area contributed by atoms with Gasteiger partial charge in [0.25, 0.3) is 0 Å². The van der Waals surface area contributed by atoms with Gasteiger partial charge >= 0.3 is 0 Å². The van der Waals surface area contributed by atoms with E-state index in [9.17, 15) is 5.11 Å². The van der Waals surface area contributed by atoms with Gasteiger partial charge in [0.2, 0.25) is 0 Å². The molecule has 0 amide bonds. The van der Waals surface area contributed by atoms with E-state index in [1.54, 1.807) is 0 Å². The quantitative estimate of drug-likeness (QED) is 0.510. The van der Waals surface area contributed by atoms with Gasteiger partial charge in [-0.1, -0.05) is 35.4 Å². The number of hydrogen-bond donors (Lipinski definition) is 1. The second-order valence-electron chi connectivity index (χ2n) is 11.0. The molecule has 198 valence electrons. The zero-order chi connectivity index (χ0) is 26.1. The van der Waals surface area contributed by atoms with Gasteiger partial charge in [-0.25, -0.2) is 0 Å². The van der Waals surface area contributed by atoms with Gasteiger partial charge < -0.3 is 14.9 Å². The first kappa shape index (κ1) is 26.2. The van der Waals surface area contributed by atoms with Crippen molar-refractivity contribution in [3.63, 3.8) is 0 Å². The third-order valence-electron chi connectivity index (χ3n) is 7.90. The molecule has 0 bridgehead atoms. The topological polar surface area (TPSA) is 47.8 Å². The Morgan fingerprint density at radius 1 is 0.946 bits per heavy atom. The Balaban J connectivity index is 1.28. The number of aliphatic hydroxyl groups is 1. The lowest BCUT2D eigenvalue weighted by atomic mass is 10.0. The number of nitrogens with zero attached hydrogens (tertiary/aromatic N) is 5. The number of aryl methyl sites for hydroxylation is 3. The van der Waals surface area contributed by atoms with Gasteiger partial charge in [0, 0.05) is 66.8 Å². The van der Waals surface area contributed by atoms with Crippen LogP contribution in [0.15, 0.2) is 36.4 Å². The number of β-amino-alcohol motifs (C(OH)–C–C–N with tert-alkyl or cyclic N) is 1. The second-order valence-corrected chi connectivity index (χ2v) is 11.4. The van der Waals surface area contributed by atoms with E-state index in [1.165, 1.54) is 28.1 Å². The van der Waals surface area contributed by atoms with Crippen LogP contribution in [-0.2, 0) is 19.5 Å². The Kier molecular flexibility index (Phi) is 7.91. The molecule has 2 aliphatic rings. The molecule has 1 saturated heterocycles. The summed E-state index contributed by atoms with van der Waals surface area (Å²) in [7, 11) is 2.18. The van der Waals surface area contributed by atoms with E-state index in [0.717, 1.165) is 74.0 Å². The molecule has 2 aliphatic heterocycles. The molecule has 0 spiro atoms. The van der Waals surface area contributed by atoms with Crippen LogP contribution in [0.1, 0.15) is 34.4 Å². The number of aliphatic hydroxyl groups excluding tert-OH is 1. The molecule has 1 fully saturated rings. The molecule has 0 saturated carbocycles. The van der Waals surface area contributed by atoms with Crippen molar-refractivity contribution in [2.24, 2.45) is 0 Å². The maximum atomic E-state index is 11.2. The van der Waals surface area contributed by atoms with Crippen molar-refractivity contribution in [3.05, 3.63) is 69.4 Å². The first-order valence-electron chi connectivity index (χ1n) is 13.5. The van der Waals surface area contributed by atoms with E-state index < -0.39 is 6.10 Å². The van der Waals surface area contributed by atoms with Crippen molar-refractivity contribution in [2.75, 3.05) is 51.2 Å². The molecule has 2 aromatic carbocycles. The molecule has 1 N–H and O–H groups in total. The lowest BCUT2D eigenvalue weighted by molar-refractivity contribution is 0.0913. The summed E-state index contributed by atoms with van der Waals surface area (Å²) in [5.74, 6) is 0. The van der Waals surface area contributed by atoms with Crippen LogP contribution in [0.2, 0.25) is 5.02 Å². The van der Waals surface area contributed by atoms with E-state index in [2.05, 4.69) is 70.6 Å². The summed E-state index contributed by atoms with van der Waals surface area (Å²) >= 11 is 6.31. The van der Waals surface area contributed by atoms with Crippen molar-refractivity contribution in [3.8, 4) is 11.3 Å². The predicted molar refractivity (Wildman–Crippen MR) is 153 cm³/mol. The molecule has 1 atom stereocenters. The average molecular weight is 522 g/mol. The summed E-state index contributed by atoms with van der Waals surface area (Å²) in [5, 5.41) is 17.0.